The highest BCUT2D eigenvalue weighted by Crippen LogP contribution is 2.05. The average molecular weight is 96.2 g/mol. The molecule has 0 spiro atoms. The van der Waals surface area contributed by atoms with Gasteiger partial charge in [-0.25, -0.2) is 0 Å². The Morgan fingerprint density at radius 1 is 1.71 bits per heavy atom. The molecule has 0 N–H and O–H groups in total. The summed E-state index contributed by atoms with van der Waals surface area (Å²) >= 11 is 0. The van der Waals surface area contributed by atoms with Crippen LogP contribution in [-0.4, -0.2) is 0 Å². The van der Waals surface area contributed by atoms with Crippen molar-refractivity contribution < 1.29 is 0 Å². The molecule has 0 heterocycles. The summed E-state index contributed by atoms with van der Waals surface area (Å²) in [6, 6.07) is 0. The fourth-order valence-corrected chi connectivity index (χ4v) is 0.201. The highest BCUT2D eigenvalue weighted by atomic mass is 14.0. The first kappa shape index (κ1) is 6.48. The van der Waals surface area contributed by atoms with Crippen LogP contribution in [-0.2, 0) is 0 Å². The van der Waals surface area contributed by atoms with Crippen LogP contribution in [0.5, 0.6) is 0 Å². The van der Waals surface area contributed by atoms with Gasteiger partial charge in [0.05, 0.1) is 0 Å². The Kier molecular flexibility index (Phi) is 2.42. The zero-order chi connectivity index (χ0) is 5.86. The molecule has 0 aliphatic heterocycles. The van der Waals surface area contributed by atoms with E-state index in [1.165, 1.54) is 5.57 Å². The molecule has 0 aromatic rings. The molecule has 0 saturated heterocycles. The minimum absolute atomic E-state index is 0.472. The molecule has 7 heavy (non-hydrogen) atoms. The molecule has 0 radical (unpaired) electrons. The average Bonchev–Trinajstić information content (AvgIpc) is 1.65. The Bertz CT molecular complexity index is 80.0. The first-order valence-electron chi connectivity index (χ1n) is 2.46. The van der Waals surface area contributed by atoms with Crippen molar-refractivity contribution >= 4 is 0 Å². The summed E-state index contributed by atoms with van der Waals surface area (Å²) in [5.41, 5.74) is 1.18. The van der Waals surface area contributed by atoms with Crippen molar-refractivity contribution in [1.82, 2.24) is 0 Å². The van der Waals surface area contributed by atoms with Gasteiger partial charge >= 0.3 is 0 Å². The van der Waals surface area contributed by atoms with Crippen molar-refractivity contribution in [2.24, 2.45) is 5.92 Å². The van der Waals surface area contributed by atoms with Gasteiger partial charge in [0.2, 0.25) is 0 Å². The fraction of sp³-hybridized carbons (Fsp3) is 0.429. The van der Waals surface area contributed by atoms with Gasteiger partial charge < -0.3 is 0 Å². The summed E-state index contributed by atoms with van der Waals surface area (Å²) < 4.78 is 0. The molecule has 0 bridgehead atoms. The van der Waals surface area contributed by atoms with Crippen LogP contribution in [0, 0.1) is 5.92 Å². The molecule has 1 atom stereocenters. The van der Waals surface area contributed by atoms with Gasteiger partial charge in [0.1, 0.15) is 0 Å². The molecule has 0 aromatic carbocycles. The van der Waals surface area contributed by atoms with E-state index in [1.807, 2.05) is 13.0 Å². The second kappa shape index (κ2) is 2.62. The predicted molar refractivity (Wildman–Crippen MR) is 34.2 cm³/mol. The summed E-state index contributed by atoms with van der Waals surface area (Å²) in [6.07, 6.45) is 1.89. The maximum Gasteiger partial charge on any atom is -0.00598 e. The Balaban J connectivity index is 3.55. The van der Waals surface area contributed by atoms with E-state index in [4.69, 9.17) is 0 Å². The third-order valence-electron chi connectivity index (χ3n) is 1.13. The molecular weight excluding hydrogens is 84.1 g/mol. The normalized spacial score (nSPS) is 12.9. The summed E-state index contributed by atoms with van der Waals surface area (Å²) in [7, 11) is 0. The molecule has 0 saturated carbocycles. The Hall–Kier alpha value is -0.520. The molecule has 0 unspecified atom stereocenters. The molecule has 0 aliphatic carbocycles. The lowest BCUT2D eigenvalue weighted by atomic mass is 10.1. The van der Waals surface area contributed by atoms with E-state index in [0.29, 0.717) is 5.92 Å². The van der Waals surface area contributed by atoms with E-state index >= 15 is 0 Å². The van der Waals surface area contributed by atoms with Crippen molar-refractivity contribution in [3.05, 3.63) is 24.8 Å². The van der Waals surface area contributed by atoms with Gasteiger partial charge in [-0.1, -0.05) is 25.2 Å². The lowest BCUT2D eigenvalue weighted by molar-refractivity contribution is 0.871. The molecule has 0 nitrogen and oxygen atoms in total. The lowest BCUT2D eigenvalue weighted by Crippen LogP contribution is -1.86. The monoisotopic (exact) mass is 96.1 g/mol. The molecule has 0 heteroatoms. The first-order valence-corrected chi connectivity index (χ1v) is 2.46. The summed E-state index contributed by atoms with van der Waals surface area (Å²) in [4.78, 5) is 0. The van der Waals surface area contributed by atoms with Crippen LogP contribution in [0.3, 0.4) is 0 Å². The molecule has 0 rings (SSSR count). The van der Waals surface area contributed by atoms with Crippen molar-refractivity contribution in [1.29, 1.82) is 0 Å². The van der Waals surface area contributed by atoms with Crippen LogP contribution in [0.15, 0.2) is 24.8 Å². The summed E-state index contributed by atoms with van der Waals surface area (Å²) in [6.45, 7) is 11.5. The van der Waals surface area contributed by atoms with Crippen molar-refractivity contribution in [3.63, 3.8) is 0 Å². The van der Waals surface area contributed by atoms with Crippen LogP contribution in [0.4, 0.5) is 0 Å². The molecule has 0 aromatic heterocycles. The lowest BCUT2D eigenvalue weighted by Gasteiger charge is -2.00. The summed E-state index contributed by atoms with van der Waals surface area (Å²) in [5, 5.41) is 0. The van der Waals surface area contributed by atoms with E-state index in [2.05, 4.69) is 20.1 Å². The number of rotatable bonds is 2. The van der Waals surface area contributed by atoms with Crippen molar-refractivity contribution in [3.8, 4) is 0 Å². The van der Waals surface area contributed by atoms with Crippen LogP contribution < -0.4 is 0 Å². The molecular formula is C7H12. The quantitative estimate of drug-likeness (QED) is 0.463. The Morgan fingerprint density at radius 3 is 2.14 bits per heavy atom. The van der Waals surface area contributed by atoms with Gasteiger partial charge in [-0.3, -0.25) is 0 Å². The summed E-state index contributed by atoms with van der Waals surface area (Å²) in [5.74, 6) is 0.472. The SMILES string of the molecule is C=C[C@@H](C)C(=C)C. The first-order chi connectivity index (χ1) is 3.18. The largest absolute Gasteiger partial charge is 0.102 e. The minimum atomic E-state index is 0.472. The topological polar surface area (TPSA) is 0 Å². The zero-order valence-corrected chi connectivity index (χ0v) is 5.07. The highest BCUT2D eigenvalue weighted by molar-refractivity contribution is 5.01. The van der Waals surface area contributed by atoms with Crippen LogP contribution >= 0.6 is 0 Å². The second-order valence-corrected chi connectivity index (χ2v) is 1.87. The Labute approximate surface area is 45.5 Å². The van der Waals surface area contributed by atoms with Crippen molar-refractivity contribution in [2.45, 2.75) is 13.8 Å². The van der Waals surface area contributed by atoms with Crippen LogP contribution in [0.2, 0.25) is 0 Å². The molecule has 0 fully saturated rings. The van der Waals surface area contributed by atoms with E-state index in [9.17, 15) is 0 Å². The number of hydrogen-bond acceptors (Lipinski definition) is 0. The van der Waals surface area contributed by atoms with Gasteiger partial charge in [-0.15, -0.1) is 6.58 Å². The third kappa shape index (κ3) is 2.21. The van der Waals surface area contributed by atoms with Gasteiger partial charge in [-0.2, -0.15) is 0 Å². The van der Waals surface area contributed by atoms with Gasteiger partial charge in [0.15, 0.2) is 0 Å². The fourth-order valence-electron chi connectivity index (χ4n) is 0.201. The maximum absolute atomic E-state index is 3.75. The second-order valence-electron chi connectivity index (χ2n) is 1.87. The van der Waals surface area contributed by atoms with Gasteiger partial charge in [0.25, 0.3) is 0 Å². The van der Waals surface area contributed by atoms with Gasteiger partial charge in [0, 0.05) is 0 Å². The Morgan fingerprint density at radius 2 is 2.14 bits per heavy atom. The van der Waals surface area contributed by atoms with E-state index in [-0.39, 0.29) is 0 Å². The van der Waals surface area contributed by atoms with E-state index in [0.717, 1.165) is 0 Å². The van der Waals surface area contributed by atoms with Crippen LogP contribution in [0.1, 0.15) is 13.8 Å². The zero-order valence-electron chi connectivity index (χ0n) is 5.07. The van der Waals surface area contributed by atoms with Crippen LogP contribution in [0.25, 0.3) is 0 Å². The van der Waals surface area contributed by atoms with E-state index in [1.54, 1.807) is 0 Å². The van der Waals surface area contributed by atoms with E-state index < -0.39 is 0 Å². The predicted octanol–water partition coefficient (Wildman–Crippen LogP) is 2.38. The molecule has 0 aliphatic rings. The minimum Gasteiger partial charge on any atom is -0.102 e. The number of allylic oxidation sites excluding steroid dienone is 2. The highest BCUT2D eigenvalue weighted by Gasteiger charge is 1.91. The standard InChI is InChI=1S/C7H12/c1-5-7(4)6(2)3/h5,7H,1-2H2,3-4H3/t7-/m1/s1. The molecule has 0 amide bonds. The number of hydrogen-bond donors (Lipinski definition) is 0. The van der Waals surface area contributed by atoms with Gasteiger partial charge in [-0.05, 0) is 12.8 Å². The third-order valence-corrected chi connectivity index (χ3v) is 1.13. The van der Waals surface area contributed by atoms with Crippen molar-refractivity contribution in [2.75, 3.05) is 0 Å². The molecule has 40 valence electrons. The smallest absolute Gasteiger partial charge is 0.00598 e. The maximum atomic E-state index is 3.75.